The Bertz CT molecular complexity index is 594. The van der Waals surface area contributed by atoms with Crippen molar-refractivity contribution in [2.75, 3.05) is 19.5 Å². The number of aliphatic hydroxyl groups excluding tert-OH is 2. The first kappa shape index (κ1) is 14.7. The van der Waals surface area contributed by atoms with Crippen LogP contribution in [0.2, 0.25) is 0 Å². The molecule has 0 amide bonds. The Balaban J connectivity index is 2.49. The zero-order valence-electron chi connectivity index (χ0n) is 11.3. The number of methoxy groups -OCH3 is 1. The molecule has 8 nitrogen and oxygen atoms in total. The third-order valence-electron chi connectivity index (χ3n) is 3.40. The second-order valence-corrected chi connectivity index (χ2v) is 4.68. The van der Waals surface area contributed by atoms with Gasteiger partial charge in [-0.2, -0.15) is 0 Å². The lowest BCUT2D eigenvalue weighted by molar-refractivity contribution is -0.174. The smallest absolute Gasteiger partial charge is 0.168 e. The Labute approximate surface area is 115 Å². The van der Waals surface area contributed by atoms with Gasteiger partial charge in [0.05, 0.1) is 12.0 Å². The fraction of sp³-hybridized carbons (Fsp3) is 0.500. The molecule has 0 aliphatic rings. The number of hydrogen-bond donors (Lipinski definition) is 4. The standard InChI is InChI=1S/C12H18N4O4/c1-12(19,9(18)8(5-17)20-2)16-4-3-7-10(13)14-6-15-11(7)16/h3-4,6,8-9,17-19H,5H2,1-2H3,(H2,13,14,15)/t8-,9-,12?/m1/s1. The topological polar surface area (TPSA) is 127 Å². The SMILES string of the molecule is CO[C@H](CO)[C@@H](O)C(C)(O)n1ccc2c(N)ncnc21. The van der Waals surface area contributed by atoms with Gasteiger partial charge < -0.3 is 30.4 Å². The highest BCUT2D eigenvalue weighted by atomic mass is 16.5. The van der Waals surface area contributed by atoms with Crippen LogP contribution in [0, 0.1) is 0 Å². The zero-order valence-corrected chi connectivity index (χ0v) is 11.3. The maximum Gasteiger partial charge on any atom is 0.168 e. The number of aliphatic hydroxyl groups is 3. The number of nitrogens with two attached hydrogens (primary N) is 1. The molecule has 0 bridgehead atoms. The number of fused-ring (bicyclic) bond motifs is 1. The van der Waals surface area contributed by atoms with Crippen molar-refractivity contribution in [3.8, 4) is 0 Å². The van der Waals surface area contributed by atoms with Gasteiger partial charge in [-0.25, -0.2) is 9.97 Å². The van der Waals surface area contributed by atoms with Crippen LogP contribution >= 0.6 is 0 Å². The second kappa shape index (κ2) is 5.33. The van der Waals surface area contributed by atoms with Crippen LogP contribution in [0.3, 0.4) is 0 Å². The summed E-state index contributed by atoms with van der Waals surface area (Å²) in [6.07, 6.45) is 0.533. The summed E-state index contributed by atoms with van der Waals surface area (Å²) in [4.78, 5) is 7.92. The zero-order chi connectivity index (χ0) is 14.9. The summed E-state index contributed by atoms with van der Waals surface area (Å²) in [5, 5.41) is 30.5. The van der Waals surface area contributed by atoms with Gasteiger partial charge in [0.15, 0.2) is 5.72 Å². The van der Waals surface area contributed by atoms with E-state index >= 15 is 0 Å². The first-order chi connectivity index (χ1) is 9.43. The Kier molecular flexibility index (Phi) is 3.91. The third-order valence-corrected chi connectivity index (χ3v) is 3.40. The highest BCUT2D eigenvalue weighted by Crippen LogP contribution is 2.27. The molecule has 1 unspecified atom stereocenters. The summed E-state index contributed by atoms with van der Waals surface area (Å²) in [6.45, 7) is 0.973. The average molecular weight is 282 g/mol. The summed E-state index contributed by atoms with van der Waals surface area (Å²) in [6, 6.07) is 1.65. The van der Waals surface area contributed by atoms with Crippen LogP contribution in [0.1, 0.15) is 6.92 Å². The number of ether oxygens (including phenoxy) is 1. The molecule has 5 N–H and O–H groups in total. The first-order valence-corrected chi connectivity index (χ1v) is 6.05. The lowest BCUT2D eigenvalue weighted by Crippen LogP contribution is -2.50. The van der Waals surface area contributed by atoms with Crippen LogP contribution in [-0.4, -0.2) is 55.8 Å². The summed E-state index contributed by atoms with van der Waals surface area (Å²) in [5.41, 5.74) is 4.38. The van der Waals surface area contributed by atoms with Crippen molar-refractivity contribution in [2.45, 2.75) is 24.9 Å². The van der Waals surface area contributed by atoms with E-state index in [2.05, 4.69) is 9.97 Å². The molecule has 0 saturated carbocycles. The van der Waals surface area contributed by atoms with Crippen LogP contribution in [0.15, 0.2) is 18.6 Å². The second-order valence-electron chi connectivity index (χ2n) is 4.68. The Morgan fingerprint density at radius 1 is 1.50 bits per heavy atom. The molecule has 2 rings (SSSR count). The van der Waals surface area contributed by atoms with Crippen LogP contribution in [-0.2, 0) is 10.5 Å². The molecular weight excluding hydrogens is 264 g/mol. The van der Waals surface area contributed by atoms with E-state index in [1.807, 2.05) is 0 Å². The van der Waals surface area contributed by atoms with Gasteiger partial charge in [-0.05, 0) is 13.0 Å². The molecule has 0 spiro atoms. The molecule has 0 saturated heterocycles. The summed E-state index contributed by atoms with van der Waals surface area (Å²) < 4.78 is 6.32. The Hall–Kier alpha value is -1.74. The Morgan fingerprint density at radius 3 is 2.80 bits per heavy atom. The lowest BCUT2D eigenvalue weighted by atomic mass is 10.0. The van der Waals surface area contributed by atoms with Crippen LogP contribution in [0.25, 0.3) is 11.0 Å². The molecule has 0 aromatic carbocycles. The highest BCUT2D eigenvalue weighted by molar-refractivity contribution is 5.86. The molecule has 2 aromatic heterocycles. The van der Waals surface area contributed by atoms with Crippen molar-refractivity contribution < 1.29 is 20.1 Å². The number of aromatic nitrogens is 3. The maximum absolute atomic E-state index is 10.6. The molecule has 2 aromatic rings. The van der Waals surface area contributed by atoms with Crippen molar-refractivity contribution in [1.29, 1.82) is 0 Å². The van der Waals surface area contributed by atoms with Gasteiger partial charge in [-0.3, -0.25) is 0 Å². The molecule has 110 valence electrons. The molecule has 8 heteroatoms. The van der Waals surface area contributed by atoms with Crippen molar-refractivity contribution >= 4 is 16.9 Å². The van der Waals surface area contributed by atoms with Crippen LogP contribution in [0.4, 0.5) is 5.82 Å². The van der Waals surface area contributed by atoms with E-state index in [0.717, 1.165) is 0 Å². The summed E-state index contributed by atoms with van der Waals surface area (Å²) >= 11 is 0. The third kappa shape index (κ3) is 2.22. The highest BCUT2D eigenvalue weighted by Gasteiger charge is 2.39. The number of nitrogen functional groups attached to an aromatic ring is 1. The van der Waals surface area contributed by atoms with Gasteiger partial charge in [-0.15, -0.1) is 0 Å². The number of rotatable bonds is 5. The van der Waals surface area contributed by atoms with Crippen molar-refractivity contribution in [2.24, 2.45) is 0 Å². The monoisotopic (exact) mass is 282 g/mol. The Morgan fingerprint density at radius 2 is 2.20 bits per heavy atom. The maximum atomic E-state index is 10.6. The number of nitrogens with zero attached hydrogens (tertiary/aromatic N) is 3. The van der Waals surface area contributed by atoms with E-state index < -0.39 is 24.5 Å². The molecular formula is C12H18N4O4. The predicted octanol–water partition coefficient (Wildman–Crippen LogP) is -0.953. The number of hydrogen-bond acceptors (Lipinski definition) is 7. The quantitative estimate of drug-likeness (QED) is 0.556. The van der Waals surface area contributed by atoms with Gasteiger partial charge in [0.2, 0.25) is 0 Å². The van der Waals surface area contributed by atoms with E-state index in [4.69, 9.17) is 15.6 Å². The van der Waals surface area contributed by atoms with Gasteiger partial charge in [0.25, 0.3) is 0 Å². The van der Waals surface area contributed by atoms with Crippen molar-refractivity contribution in [3.63, 3.8) is 0 Å². The molecule has 0 aliphatic carbocycles. The minimum atomic E-state index is -1.73. The van der Waals surface area contributed by atoms with E-state index in [9.17, 15) is 10.2 Å². The van der Waals surface area contributed by atoms with Crippen LogP contribution in [0.5, 0.6) is 0 Å². The molecule has 3 atom stereocenters. The molecule has 0 radical (unpaired) electrons. The first-order valence-electron chi connectivity index (χ1n) is 6.05. The van der Waals surface area contributed by atoms with Gasteiger partial charge in [0.1, 0.15) is 30.0 Å². The molecule has 0 aliphatic heterocycles. The minimum Gasteiger partial charge on any atom is -0.394 e. The van der Waals surface area contributed by atoms with Gasteiger partial charge >= 0.3 is 0 Å². The largest absolute Gasteiger partial charge is 0.394 e. The number of anilines is 1. The fourth-order valence-electron chi connectivity index (χ4n) is 2.13. The average Bonchev–Trinajstić information content (AvgIpc) is 2.86. The van der Waals surface area contributed by atoms with Gasteiger partial charge in [0, 0.05) is 13.3 Å². The molecule has 2 heterocycles. The van der Waals surface area contributed by atoms with Crippen LogP contribution < -0.4 is 5.73 Å². The molecule has 20 heavy (non-hydrogen) atoms. The van der Waals surface area contributed by atoms with E-state index in [1.54, 1.807) is 12.3 Å². The lowest BCUT2D eigenvalue weighted by Gasteiger charge is -2.34. The van der Waals surface area contributed by atoms with E-state index in [0.29, 0.717) is 11.0 Å². The van der Waals surface area contributed by atoms with E-state index in [1.165, 1.54) is 24.9 Å². The summed E-state index contributed by atoms with van der Waals surface area (Å²) in [7, 11) is 1.34. The fourth-order valence-corrected chi connectivity index (χ4v) is 2.13. The van der Waals surface area contributed by atoms with Gasteiger partial charge in [-0.1, -0.05) is 0 Å². The van der Waals surface area contributed by atoms with E-state index in [-0.39, 0.29) is 5.82 Å². The summed E-state index contributed by atoms with van der Waals surface area (Å²) in [5.74, 6) is 0.282. The molecule has 0 fully saturated rings. The van der Waals surface area contributed by atoms with Crippen molar-refractivity contribution in [3.05, 3.63) is 18.6 Å². The normalized spacial score (nSPS) is 17.9. The predicted molar refractivity (Wildman–Crippen MR) is 71.7 cm³/mol. The van der Waals surface area contributed by atoms with Crippen molar-refractivity contribution in [1.82, 2.24) is 14.5 Å². The minimum absolute atomic E-state index is 0.282.